The Balaban J connectivity index is 1.52. The van der Waals surface area contributed by atoms with E-state index in [1.807, 2.05) is 43.5 Å². The SMILES string of the molecule is CC(NC(=O)NCc1cnn(-c2ccccc2)c1)c1ccc(F)cc1. The summed E-state index contributed by atoms with van der Waals surface area (Å²) < 4.78 is 14.7. The van der Waals surface area contributed by atoms with E-state index >= 15 is 0 Å². The first-order chi connectivity index (χ1) is 12.1. The van der Waals surface area contributed by atoms with Gasteiger partial charge in [-0.1, -0.05) is 30.3 Å². The Morgan fingerprint density at radius 3 is 2.60 bits per heavy atom. The second kappa shape index (κ2) is 7.61. The number of aromatic nitrogens is 2. The van der Waals surface area contributed by atoms with Crippen LogP contribution < -0.4 is 10.6 Å². The van der Waals surface area contributed by atoms with Gasteiger partial charge in [-0.15, -0.1) is 0 Å². The summed E-state index contributed by atoms with van der Waals surface area (Å²) in [6.45, 7) is 2.22. The highest BCUT2D eigenvalue weighted by Gasteiger charge is 2.10. The van der Waals surface area contributed by atoms with Crippen molar-refractivity contribution < 1.29 is 9.18 Å². The van der Waals surface area contributed by atoms with Crippen molar-refractivity contribution in [1.82, 2.24) is 20.4 Å². The molecule has 0 fully saturated rings. The normalized spacial score (nSPS) is 11.8. The van der Waals surface area contributed by atoms with Crippen molar-refractivity contribution in [3.05, 3.63) is 83.9 Å². The molecule has 0 saturated heterocycles. The average Bonchev–Trinajstić information content (AvgIpc) is 3.10. The van der Waals surface area contributed by atoms with Gasteiger partial charge in [0.2, 0.25) is 0 Å². The van der Waals surface area contributed by atoms with Crippen molar-refractivity contribution in [1.29, 1.82) is 0 Å². The Bertz CT molecular complexity index is 830. The molecule has 1 aromatic heterocycles. The van der Waals surface area contributed by atoms with Crippen molar-refractivity contribution >= 4 is 6.03 Å². The molecule has 0 saturated carbocycles. The number of para-hydroxylation sites is 1. The smallest absolute Gasteiger partial charge is 0.315 e. The van der Waals surface area contributed by atoms with Crippen LogP contribution in [0.25, 0.3) is 5.69 Å². The van der Waals surface area contributed by atoms with Gasteiger partial charge in [0, 0.05) is 18.3 Å². The molecule has 0 aliphatic heterocycles. The molecule has 0 spiro atoms. The number of nitrogens with zero attached hydrogens (tertiary/aromatic N) is 2. The van der Waals surface area contributed by atoms with Crippen LogP contribution in [0.15, 0.2) is 67.0 Å². The molecule has 0 aliphatic rings. The summed E-state index contributed by atoms with van der Waals surface area (Å²) in [5.74, 6) is -0.296. The lowest BCUT2D eigenvalue weighted by atomic mass is 10.1. The number of carbonyl (C=O) groups excluding carboxylic acids is 1. The molecule has 5 nitrogen and oxygen atoms in total. The maximum atomic E-state index is 12.9. The zero-order chi connectivity index (χ0) is 17.6. The van der Waals surface area contributed by atoms with Crippen LogP contribution in [0.2, 0.25) is 0 Å². The summed E-state index contributed by atoms with van der Waals surface area (Å²) in [5, 5.41) is 9.91. The van der Waals surface area contributed by atoms with Crippen LogP contribution in [-0.2, 0) is 6.54 Å². The van der Waals surface area contributed by atoms with Gasteiger partial charge in [0.15, 0.2) is 0 Å². The van der Waals surface area contributed by atoms with E-state index in [1.165, 1.54) is 12.1 Å². The van der Waals surface area contributed by atoms with Crippen LogP contribution in [0.3, 0.4) is 0 Å². The average molecular weight is 338 g/mol. The summed E-state index contributed by atoms with van der Waals surface area (Å²) in [5.41, 5.74) is 2.70. The molecule has 1 heterocycles. The Hall–Kier alpha value is -3.15. The number of amides is 2. The van der Waals surface area contributed by atoms with Gasteiger partial charge < -0.3 is 10.6 Å². The fraction of sp³-hybridized carbons (Fsp3) is 0.158. The standard InChI is InChI=1S/C19H19FN4O/c1-14(16-7-9-17(20)10-8-16)23-19(25)21-11-15-12-22-24(13-15)18-5-3-2-4-6-18/h2-10,12-14H,11H2,1H3,(H2,21,23,25). The Kier molecular flexibility index (Phi) is 5.09. The van der Waals surface area contributed by atoms with Crippen molar-refractivity contribution in [2.45, 2.75) is 19.5 Å². The topological polar surface area (TPSA) is 59.0 Å². The van der Waals surface area contributed by atoms with Crippen molar-refractivity contribution in [3.8, 4) is 5.69 Å². The van der Waals surface area contributed by atoms with Gasteiger partial charge in [0.25, 0.3) is 0 Å². The van der Waals surface area contributed by atoms with E-state index < -0.39 is 0 Å². The molecule has 1 atom stereocenters. The second-order valence-electron chi connectivity index (χ2n) is 5.73. The lowest BCUT2D eigenvalue weighted by molar-refractivity contribution is 0.237. The second-order valence-corrected chi connectivity index (χ2v) is 5.73. The first-order valence-electron chi connectivity index (χ1n) is 8.00. The number of urea groups is 1. The Morgan fingerprint density at radius 2 is 1.88 bits per heavy atom. The number of hydrogen-bond donors (Lipinski definition) is 2. The molecule has 6 heteroatoms. The molecule has 2 amide bonds. The maximum absolute atomic E-state index is 12.9. The summed E-state index contributed by atoms with van der Waals surface area (Å²) in [4.78, 5) is 12.0. The number of nitrogens with one attached hydrogen (secondary N) is 2. The molecule has 0 bridgehead atoms. The number of rotatable bonds is 5. The molecule has 128 valence electrons. The van der Waals surface area contributed by atoms with Gasteiger partial charge in [0.05, 0.1) is 17.9 Å². The number of halogens is 1. The van der Waals surface area contributed by atoms with Gasteiger partial charge in [-0.25, -0.2) is 13.9 Å². The van der Waals surface area contributed by atoms with Gasteiger partial charge in [-0.3, -0.25) is 0 Å². The zero-order valence-corrected chi connectivity index (χ0v) is 13.8. The van der Waals surface area contributed by atoms with E-state index in [0.717, 1.165) is 16.8 Å². The predicted molar refractivity (Wildman–Crippen MR) is 93.8 cm³/mol. The van der Waals surface area contributed by atoms with Crippen molar-refractivity contribution in [3.63, 3.8) is 0 Å². The molecule has 3 aromatic rings. The summed E-state index contributed by atoms with van der Waals surface area (Å²) >= 11 is 0. The minimum atomic E-state index is -0.296. The fourth-order valence-corrected chi connectivity index (χ4v) is 2.44. The molecule has 25 heavy (non-hydrogen) atoms. The summed E-state index contributed by atoms with van der Waals surface area (Å²) in [6, 6.07) is 15.3. The van der Waals surface area contributed by atoms with E-state index in [2.05, 4.69) is 15.7 Å². The molecule has 0 radical (unpaired) electrons. The highest BCUT2D eigenvalue weighted by molar-refractivity contribution is 5.74. The van der Waals surface area contributed by atoms with Gasteiger partial charge >= 0.3 is 6.03 Å². The van der Waals surface area contributed by atoms with Crippen LogP contribution in [-0.4, -0.2) is 15.8 Å². The molecule has 2 aromatic carbocycles. The van der Waals surface area contributed by atoms with Crippen LogP contribution in [0.4, 0.5) is 9.18 Å². The third kappa shape index (κ3) is 4.44. The van der Waals surface area contributed by atoms with Crippen LogP contribution in [0, 0.1) is 5.82 Å². The van der Waals surface area contributed by atoms with E-state index in [4.69, 9.17) is 0 Å². The van der Waals surface area contributed by atoms with Gasteiger partial charge in [0.1, 0.15) is 5.82 Å². The Morgan fingerprint density at radius 1 is 1.16 bits per heavy atom. The maximum Gasteiger partial charge on any atom is 0.315 e. The highest BCUT2D eigenvalue weighted by atomic mass is 19.1. The third-order valence-corrected chi connectivity index (χ3v) is 3.83. The van der Waals surface area contributed by atoms with Crippen molar-refractivity contribution in [2.75, 3.05) is 0 Å². The van der Waals surface area contributed by atoms with Gasteiger partial charge in [-0.05, 0) is 36.8 Å². The summed E-state index contributed by atoms with van der Waals surface area (Å²) in [6.07, 6.45) is 3.59. The largest absolute Gasteiger partial charge is 0.334 e. The first kappa shape index (κ1) is 16.7. The van der Waals surface area contributed by atoms with Crippen LogP contribution >= 0.6 is 0 Å². The number of benzene rings is 2. The van der Waals surface area contributed by atoms with Gasteiger partial charge in [-0.2, -0.15) is 5.10 Å². The quantitative estimate of drug-likeness (QED) is 0.747. The molecule has 2 N–H and O–H groups in total. The first-order valence-corrected chi connectivity index (χ1v) is 8.00. The highest BCUT2D eigenvalue weighted by Crippen LogP contribution is 2.12. The van der Waals surface area contributed by atoms with E-state index in [0.29, 0.717) is 6.54 Å². The van der Waals surface area contributed by atoms with E-state index in [1.54, 1.807) is 23.0 Å². The van der Waals surface area contributed by atoms with Crippen LogP contribution in [0.5, 0.6) is 0 Å². The predicted octanol–water partition coefficient (Wildman–Crippen LogP) is 3.57. The minimum absolute atomic E-state index is 0.215. The molecule has 1 unspecified atom stereocenters. The van der Waals surface area contributed by atoms with Crippen LogP contribution in [0.1, 0.15) is 24.1 Å². The Labute approximate surface area is 145 Å². The third-order valence-electron chi connectivity index (χ3n) is 3.83. The lowest BCUT2D eigenvalue weighted by Gasteiger charge is -2.14. The fourth-order valence-electron chi connectivity index (χ4n) is 2.44. The number of carbonyl (C=O) groups is 1. The minimum Gasteiger partial charge on any atom is -0.334 e. The lowest BCUT2D eigenvalue weighted by Crippen LogP contribution is -2.36. The molecular weight excluding hydrogens is 319 g/mol. The zero-order valence-electron chi connectivity index (χ0n) is 13.8. The van der Waals surface area contributed by atoms with Crippen molar-refractivity contribution in [2.24, 2.45) is 0 Å². The molecular formula is C19H19FN4O. The van der Waals surface area contributed by atoms with E-state index in [-0.39, 0.29) is 17.9 Å². The van der Waals surface area contributed by atoms with E-state index in [9.17, 15) is 9.18 Å². The monoisotopic (exact) mass is 338 g/mol. The molecule has 0 aliphatic carbocycles. The molecule has 3 rings (SSSR count). The number of hydrogen-bond acceptors (Lipinski definition) is 2. The summed E-state index contributed by atoms with van der Waals surface area (Å²) in [7, 11) is 0.